The molecule has 0 unspecified atom stereocenters. The average Bonchev–Trinajstić information content (AvgIpc) is 3.15. The fourth-order valence-electron chi connectivity index (χ4n) is 3.06. The summed E-state index contributed by atoms with van der Waals surface area (Å²) in [5.74, 6) is 0.183. The number of hydrogen-bond acceptors (Lipinski definition) is 6. The first kappa shape index (κ1) is 17.2. The smallest absolute Gasteiger partial charge is 0.236 e. The second-order valence-corrected chi connectivity index (χ2v) is 9.09. The van der Waals surface area contributed by atoms with E-state index in [1.165, 1.54) is 23.1 Å². The van der Waals surface area contributed by atoms with Gasteiger partial charge >= 0.3 is 0 Å². The quantitative estimate of drug-likeness (QED) is 0.664. The topological polar surface area (TPSA) is 87.7 Å². The molecule has 8 heteroatoms. The number of hydrogen-bond donors (Lipinski definition) is 2. The Morgan fingerprint density at radius 1 is 1.31 bits per heavy atom. The Morgan fingerprint density at radius 2 is 2.12 bits per heavy atom. The molecule has 4 rings (SSSR count). The van der Waals surface area contributed by atoms with E-state index in [2.05, 4.69) is 34.1 Å². The number of ketones is 1. The first-order chi connectivity index (χ1) is 12.4. The SMILES string of the molecule is CC1(C)CC(=O)c2sc(NC(=O)CSc3nc4ccccc4[nH]3)nc2C1. The highest BCUT2D eigenvalue weighted by Crippen LogP contribution is 2.38. The number of para-hydroxylation sites is 2. The highest BCUT2D eigenvalue weighted by molar-refractivity contribution is 7.99. The molecule has 0 bridgehead atoms. The molecule has 1 aliphatic carbocycles. The molecule has 0 spiro atoms. The number of nitrogens with zero attached hydrogens (tertiary/aromatic N) is 2. The summed E-state index contributed by atoms with van der Waals surface area (Å²) in [5, 5.41) is 4.01. The third-order valence-corrected chi connectivity index (χ3v) is 6.12. The van der Waals surface area contributed by atoms with Crippen LogP contribution in [0.2, 0.25) is 0 Å². The predicted molar refractivity (Wildman–Crippen MR) is 104 cm³/mol. The van der Waals surface area contributed by atoms with E-state index in [0.717, 1.165) is 23.1 Å². The number of fused-ring (bicyclic) bond motifs is 2. The number of aromatic amines is 1. The van der Waals surface area contributed by atoms with Gasteiger partial charge in [0.1, 0.15) is 0 Å². The number of H-pyrrole nitrogens is 1. The third kappa shape index (κ3) is 3.52. The summed E-state index contributed by atoms with van der Waals surface area (Å²) in [7, 11) is 0. The van der Waals surface area contributed by atoms with Gasteiger partial charge in [-0.15, -0.1) is 0 Å². The Hall–Kier alpha value is -2.19. The molecule has 0 atom stereocenters. The number of thioether (sulfide) groups is 1. The number of imidazole rings is 1. The van der Waals surface area contributed by atoms with Crippen LogP contribution in [0.25, 0.3) is 11.0 Å². The van der Waals surface area contributed by atoms with Gasteiger partial charge in [-0.05, 0) is 24.0 Å². The summed E-state index contributed by atoms with van der Waals surface area (Å²) in [6.07, 6.45) is 1.28. The fraction of sp³-hybridized carbons (Fsp3) is 0.333. The van der Waals surface area contributed by atoms with Gasteiger partial charge in [0.05, 0.1) is 27.4 Å². The van der Waals surface area contributed by atoms with Gasteiger partial charge in [0.25, 0.3) is 0 Å². The zero-order chi connectivity index (χ0) is 18.3. The van der Waals surface area contributed by atoms with Crippen molar-refractivity contribution in [1.82, 2.24) is 15.0 Å². The normalized spacial score (nSPS) is 15.8. The summed E-state index contributed by atoms with van der Waals surface area (Å²) in [4.78, 5) is 37.2. The maximum atomic E-state index is 12.2. The van der Waals surface area contributed by atoms with Crippen molar-refractivity contribution in [3.05, 3.63) is 34.8 Å². The van der Waals surface area contributed by atoms with Gasteiger partial charge in [-0.25, -0.2) is 9.97 Å². The van der Waals surface area contributed by atoms with Crippen LogP contribution in [0.1, 0.15) is 35.6 Å². The number of anilines is 1. The Labute approximate surface area is 158 Å². The molecule has 26 heavy (non-hydrogen) atoms. The minimum Gasteiger partial charge on any atom is -0.333 e. The number of thiazole rings is 1. The Balaban J connectivity index is 1.40. The molecule has 1 amide bonds. The molecule has 2 aromatic heterocycles. The van der Waals surface area contributed by atoms with E-state index in [1.54, 1.807) is 0 Å². The lowest BCUT2D eigenvalue weighted by molar-refractivity contribution is -0.113. The van der Waals surface area contributed by atoms with Crippen LogP contribution >= 0.6 is 23.1 Å². The minimum absolute atomic E-state index is 0.0728. The first-order valence-corrected chi connectivity index (χ1v) is 10.1. The van der Waals surface area contributed by atoms with E-state index in [1.807, 2.05) is 24.3 Å². The van der Waals surface area contributed by atoms with Crippen molar-refractivity contribution in [1.29, 1.82) is 0 Å². The van der Waals surface area contributed by atoms with Crippen LogP contribution in [-0.2, 0) is 11.2 Å². The largest absolute Gasteiger partial charge is 0.333 e. The van der Waals surface area contributed by atoms with Crippen LogP contribution in [-0.4, -0.2) is 32.4 Å². The molecule has 0 saturated carbocycles. The zero-order valence-electron chi connectivity index (χ0n) is 14.5. The van der Waals surface area contributed by atoms with Crippen molar-refractivity contribution in [3.63, 3.8) is 0 Å². The highest BCUT2D eigenvalue weighted by Gasteiger charge is 2.34. The lowest BCUT2D eigenvalue weighted by Crippen LogP contribution is -2.26. The lowest BCUT2D eigenvalue weighted by Gasteiger charge is -2.26. The molecule has 134 valence electrons. The van der Waals surface area contributed by atoms with Gasteiger partial charge in [-0.2, -0.15) is 0 Å². The van der Waals surface area contributed by atoms with E-state index in [-0.39, 0.29) is 22.9 Å². The van der Waals surface area contributed by atoms with E-state index in [9.17, 15) is 9.59 Å². The number of benzene rings is 1. The van der Waals surface area contributed by atoms with Crippen LogP contribution in [0.5, 0.6) is 0 Å². The van der Waals surface area contributed by atoms with Gasteiger partial charge in [0.2, 0.25) is 5.91 Å². The van der Waals surface area contributed by atoms with Crippen molar-refractivity contribution in [2.24, 2.45) is 5.41 Å². The molecule has 0 radical (unpaired) electrons. The van der Waals surface area contributed by atoms with E-state index in [4.69, 9.17) is 0 Å². The van der Waals surface area contributed by atoms with Crippen LogP contribution < -0.4 is 5.32 Å². The molecule has 2 heterocycles. The van der Waals surface area contributed by atoms with Crippen molar-refractivity contribution in [2.45, 2.75) is 31.8 Å². The monoisotopic (exact) mass is 386 g/mol. The van der Waals surface area contributed by atoms with Crippen molar-refractivity contribution in [2.75, 3.05) is 11.1 Å². The van der Waals surface area contributed by atoms with Gasteiger partial charge in [-0.1, -0.05) is 49.1 Å². The summed E-state index contributed by atoms with van der Waals surface area (Å²) in [6.45, 7) is 4.13. The van der Waals surface area contributed by atoms with E-state index >= 15 is 0 Å². The van der Waals surface area contributed by atoms with Crippen LogP contribution in [0.15, 0.2) is 29.4 Å². The molecule has 0 fully saturated rings. The lowest BCUT2D eigenvalue weighted by atomic mass is 9.78. The Morgan fingerprint density at radius 3 is 2.92 bits per heavy atom. The minimum atomic E-state index is -0.159. The van der Waals surface area contributed by atoms with Gasteiger partial charge in [0, 0.05) is 6.42 Å². The zero-order valence-corrected chi connectivity index (χ0v) is 16.1. The van der Waals surface area contributed by atoms with Crippen molar-refractivity contribution >= 4 is 51.0 Å². The maximum Gasteiger partial charge on any atom is 0.236 e. The molecule has 6 nitrogen and oxygen atoms in total. The molecule has 1 aromatic carbocycles. The summed E-state index contributed by atoms with van der Waals surface area (Å²) in [6, 6.07) is 7.74. The highest BCUT2D eigenvalue weighted by atomic mass is 32.2. The van der Waals surface area contributed by atoms with Gasteiger partial charge in [-0.3, -0.25) is 9.59 Å². The molecule has 3 aromatic rings. The van der Waals surface area contributed by atoms with Crippen LogP contribution in [0.4, 0.5) is 5.13 Å². The molecule has 0 saturated heterocycles. The maximum absolute atomic E-state index is 12.2. The standard InChI is InChI=1S/C18H18N4O2S2/c1-18(2)7-12-15(13(23)8-18)26-17(21-12)22-14(24)9-25-16-19-10-5-3-4-6-11(10)20-16/h3-6H,7-9H2,1-2H3,(H,19,20)(H,21,22,24). The average molecular weight is 387 g/mol. The molecular weight excluding hydrogens is 368 g/mol. The van der Waals surface area contributed by atoms with E-state index in [0.29, 0.717) is 21.6 Å². The number of Topliss-reactive ketones (excluding diaryl/α,β-unsaturated/α-hetero) is 1. The summed E-state index contributed by atoms with van der Waals surface area (Å²) < 4.78 is 0. The number of amides is 1. The number of carbonyl (C=O) groups is 2. The second-order valence-electron chi connectivity index (χ2n) is 7.13. The number of aromatic nitrogens is 3. The van der Waals surface area contributed by atoms with Gasteiger partial charge < -0.3 is 10.3 Å². The number of carbonyl (C=O) groups excluding carboxylic acids is 2. The predicted octanol–water partition coefficient (Wildman–Crippen LogP) is 3.91. The Bertz CT molecular complexity index is 973. The molecule has 0 aliphatic heterocycles. The van der Waals surface area contributed by atoms with Crippen LogP contribution in [0.3, 0.4) is 0 Å². The first-order valence-electron chi connectivity index (χ1n) is 8.30. The molecule has 2 N–H and O–H groups in total. The number of rotatable bonds is 4. The molecular formula is C18H18N4O2S2. The Kier molecular flexibility index (Phi) is 4.32. The summed E-state index contributed by atoms with van der Waals surface area (Å²) in [5.41, 5.74) is 2.56. The van der Waals surface area contributed by atoms with Crippen LogP contribution in [0, 0.1) is 5.41 Å². The second kappa shape index (κ2) is 6.51. The van der Waals surface area contributed by atoms with Crippen molar-refractivity contribution < 1.29 is 9.59 Å². The summed E-state index contributed by atoms with van der Waals surface area (Å²) >= 11 is 2.61. The van der Waals surface area contributed by atoms with Crippen molar-refractivity contribution in [3.8, 4) is 0 Å². The van der Waals surface area contributed by atoms with Gasteiger partial charge in [0.15, 0.2) is 16.1 Å². The third-order valence-electron chi connectivity index (χ3n) is 4.19. The van der Waals surface area contributed by atoms with E-state index < -0.39 is 0 Å². The number of nitrogens with one attached hydrogen (secondary N) is 2. The fourth-order valence-corrected chi connectivity index (χ4v) is 4.68. The molecule has 1 aliphatic rings.